The number of aliphatic hydroxyl groups excluding tert-OH is 2. The standard InChI is InChI=1S/C14H26O2/c15-9-7-12-5-1-3-11-4-2-6-13(8-10-16)14(11)12/h11-16H,1-10H2. The van der Waals surface area contributed by atoms with E-state index in [1.165, 1.54) is 38.5 Å². The SMILES string of the molecule is OCCC1CCCC2CCCC(CCO)C12. The summed E-state index contributed by atoms with van der Waals surface area (Å²) in [6.45, 7) is 0.694. The van der Waals surface area contributed by atoms with Crippen LogP contribution in [0.5, 0.6) is 0 Å². The second kappa shape index (κ2) is 6.02. The molecule has 2 saturated carbocycles. The van der Waals surface area contributed by atoms with Gasteiger partial charge in [0, 0.05) is 13.2 Å². The molecule has 2 aliphatic carbocycles. The second-order valence-corrected chi connectivity index (χ2v) is 5.74. The summed E-state index contributed by atoms with van der Waals surface area (Å²) in [7, 11) is 0. The molecule has 2 aliphatic rings. The van der Waals surface area contributed by atoms with E-state index in [2.05, 4.69) is 0 Å². The maximum absolute atomic E-state index is 9.18. The summed E-state index contributed by atoms with van der Waals surface area (Å²) in [5.74, 6) is 3.18. The van der Waals surface area contributed by atoms with Crippen molar-refractivity contribution < 1.29 is 10.2 Å². The fraction of sp³-hybridized carbons (Fsp3) is 1.00. The third-order valence-electron chi connectivity index (χ3n) is 4.93. The lowest BCUT2D eigenvalue weighted by Gasteiger charge is -2.46. The summed E-state index contributed by atoms with van der Waals surface area (Å²) in [5, 5.41) is 18.4. The van der Waals surface area contributed by atoms with E-state index in [0.29, 0.717) is 13.2 Å². The van der Waals surface area contributed by atoms with Gasteiger partial charge < -0.3 is 10.2 Å². The lowest BCUT2D eigenvalue weighted by atomic mass is 9.59. The average molecular weight is 226 g/mol. The molecule has 0 saturated heterocycles. The van der Waals surface area contributed by atoms with Crippen LogP contribution in [0.2, 0.25) is 0 Å². The van der Waals surface area contributed by atoms with E-state index < -0.39 is 0 Å². The highest BCUT2D eigenvalue weighted by Gasteiger charge is 2.39. The molecule has 16 heavy (non-hydrogen) atoms. The number of hydrogen-bond donors (Lipinski definition) is 2. The molecule has 2 fully saturated rings. The van der Waals surface area contributed by atoms with Gasteiger partial charge >= 0.3 is 0 Å². The van der Waals surface area contributed by atoms with Crippen molar-refractivity contribution in [3.05, 3.63) is 0 Å². The minimum Gasteiger partial charge on any atom is -0.396 e. The summed E-state index contributed by atoms with van der Waals surface area (Å²) in [4.78, 5) is 0. The summed E-state index contributed by atoms with van der Waals surface area (Å²) in [5.41, 5.74) is 0. The number of hydrogen-bond acceptors (Lipinski definition) is 2. The molecule has 2 atom stereocenters. The Bertz CT molecular complexity index is 181. The Hall–Kier alpha value is -0.0800. The van der Waals surface area contributed by atoms with Crippen molar-refractivity contribution in [2.24, 2.45) is 23.7 Å². The van der Waals surface area contributed by atoms with Crippen molar-refractivity contribution in [1.29, 1.82) is 0 Å². The fourth-order valence-corrected chi connectivity index (χ4v) is 4.36. The van der Waals surface area contributed by atoms with Gasteiger partial charge in [-0.2, -0.15) is 0 Å². The first-order valence-corrected chi connectivity index (χ1v) is 7.08. The van der Waals surface area contributed by atoms with Crippen molar-refractivity contribution in [3.63, 3.8) is 0 Å². The predicted octanol–water partition coefficient (Wildman–Crippen LogP) is 2.58. The summed E-state index contributed by atoms with van der Waals surface area (Å²) < 4.78 is 0. The van der Waals surface area contributed by atoms with Gasteiger partial charge in [0.1, 0.15) is 0 Å². The molecule has 2 unspecified atom stereocenters. The molecule has 2 heteroatoms. The monoisotopic (exact) mass is 226 g/mol. The van der Waals surface area contributed by atoms with E-state index in [1.54, 1.807) is 0 Å². The zero-order valence-corrected chi connectivity index (χ0v) is 10.3. The van der Waals surface area contributed by atoms with Gasteiger partial charge in [0.15, 0.2) is 0 Å². The van der Waals surface area contributed by atoms with E-state index in [4.69, 9.17) is 0 Å². The van der Waals surface area contributed by atoms with Crippen LogP contribution in [0.3, 0.4) is 0 Å². The average Bonchev–Trinajstić information content (AvgIpc) is 2.30. The number of fused-ring (bicyclic) bond motifs is 1. The van der Waals surface area contributed by atoms with Crippen LogP contribution < -0.4 is 0 Å². The molecule has 0 amide bonds. The lowest BCUT2D eigenvalue weighted by molar-refractivity contribution is 0.0240. The Kier molecular flexibility index (Phi) is 4.66. The second-order valence-electron chi connectivity index (χ2n) is 5.74. The van der Waals surface area contributed by atoms with Crippen LogP contribution >= 0.6 is 0 Å². The zero-order valence-electron chi connectivity index (χ0n) is 10.3. The molecular formula is C14H26O2. The first-order valence-electron chi connectivity index (χ1n) is 7.08. The quantitative estimate of drug-likeness (QED) is 0.773. The van der Waals surface area contributed by atoms with Gasteiger partial charge in [0.05, 0.1) is 0 Å². The predicted molar refractivity (Wildman–Crippen MR) is 65.1 cm³/mol. The minimum atomic E-state index is 0.347. The summed E-state index contributed by atoms with van der Waals surface area (Å²) in [6, 6.07) is 0. The third-order valence-corrected chi connectivity index (χ3v) is 4.93. The topological polar surface area (TPSA) is 40.5 Å². The van der Waals surface area contributed by atoms with Crippen LogP contribution in [0.4, 0.5) is 0 Å². The molecule has 0 radical (unpaired) electrons. The van der Waals surface area contributed by atoms with E-state index >= 15 is 0 Å². The van der Waals surface area contributed by atoms with Crippen LogP contribution in [0.1, 0.15) is 51.4 Å². The van der Waals surface area contributed by atoms with Crippen LogP contribution in [0.15, 0.2) is 0 Å². The smallest absolute Gasteiger partial charge is 0.0433 e. The van der Waals surface area contributed by atoms with Gasteiger partial charge in [-0.15, -0.1) is 0 Å². The Balaban J connectivity index is 2.03. The first-order chi connectivity index (χ1) is 7.86. The molecule has 0 aliphatic heterocycles. The summed E-state index contributed by atoms with van der Waals surface area (Å²) in [6.07, 6.45) is 10.1. The van der Waals surface area contributed by atoms with Gasteiger partial charge in [-0.05, 0) is 36.5 Å². The molecule has 0 spiro atoms. The van der Waals surface area contributed by atoms with Crippen LogP contribution in [-0.4, -0.2) is 23.4 Å². The summed E-state index contributed by atoms with van der Waals surface area (Å²) >= 11 is 0. The molecule has 0 aromatic heterocycles. The van der Waals surface area contributed by atoms with Crippen LogP contribution in [-0.2, 0) is 0 Å². The van der Waals surface area contributed by atoms with Gasteiger partial charge in [0.25, 0.3) is 0 Å². The molecule has 0 aromatic carbocycles. The molecule has 94 valence electrons. The first kappa shape index (κ1) is 12.4. The normalized spacial score (nSPS) is 39.4. The largest absolute Gasteiger partial charge is 0.396 e. The minimum absolute atomic E-state index is 0.347. The molecule has 2 N–H and O–H groups in total. The van der Waals surface area contributed by atoms with E-state index in [9.17, 15) is 10.2 Å². The van der Waals surface area contributed by atoms with Crippen LogP contribution in [0.25, 0.3) is 0 Å². The van der Waals surface area contributed by atoms with Gasteiger partial charge in [-0.1, -0.05) is 38.5 Å². The zero-order chi connectivity index (χ0) is 11.4. The molecule has 0 aromatic rings. The number of rotatable bonds is 4. The van der Waals surface area contributed by atoms with Gasteiger partial charge in [-0.25, -0.2) is 0 Å². The van der Waals surface area contributed by atoms with Crippen molar-refractivity contribution in [1.82, 2.24) is 0 Å². The molecule has 2 nitrogen and oxygen atoms in total. The molecule has 0 bridgehead atoms. The Labute approximate surface area is 99.1 Å². The lowest BCUT2D eigenvalue weighted by Crippen LogP contribution is -2.38. The van der Waals surface area contributed by atoms with Crippen molar-refractivity contribution in [3.8, 4) is 0 Å². The maximum Gasteiger partial charge on any atom is 0.0433 e. The van der Waals surface area contributed by atoms with Gasteiger partial charge in [0.2, 0.25) is 0 Å². The van der Waals surface area contributed by atoms with Crippen molar-refractivity contribution in [2.75, 3.05) is 13.2 Å². The Morgan fingerprint density at radius 3 is 1.69 bits per heavy atom. The van der Waals surface area contributed by atoms with E-state index in [1.807, 2.05) is 0 Å². The highest BCUT2D eigenvalue weighted by atomic mass is 16.3. The fourth-order valence-electron chi connectivity index (χ4n) is 4.36. The Morgan fingerprint density at radius 2 is 1.25 bits per heavy atom. The van der Waals surface area contributed by atoms with Crippen LogP contribution in [0, 0.1) is 23.7 Å². The van der Waals surface area contributed by atoms with Crippen molar-refractivity contribution in [2.45, 2.75) is 51.4 Å². The highest BCUT2D eigenvalue weighted by Crippen LogP contribution is 2.48. The highest BCUT2D eigenvalue weighted by molar-refractivity contribution is 4.89. The van der Waals surface area contributed by atoms with E-state index in [0.717, 1.165) is 36.5 Å². The Morgan fingerprint density at radius 1 is 0.750 bits per heavy atom. The third kappa shape index (κ3) is 2.60. The molecule has 2 rings (SSSR count). The maximum atomic E-state index is 9.18. The number of aliphatic hydroxyl groups is 2. The van der Waals surface area contributed by atoms with E-state index in [-0.39, 0.29) is 0 Å². The van der Waals surface area contributed by atoms with Crippen molar-refractivity contribution >= 4 is 0 Å². The molecule has 0 heterocycles. The van der Waals surface area contributed by atoms with Gasteiger partial charge in [-0.3, -0.25) is 0 Å². The molecular weight excluding hydrogens is 200 g/mol.